The molecule has 4 rings (SSSR count). The molecule has 0 bridgehead atoms. The molecule has 3 atom stereocenters. The van der Waals surface area contributed by atoms with Gasteiger partial charge in [0.1, 0.15) is 0 Å². The van der Waals surface area contributed by atoms with Crippen molar-refractivity contribution in [2.75, 3.05) is 31.9 Å². The SMILES string of the molecule is Cc1cc(C#N)ccc1C1CCN(S(=O)(=O)CC2(C(=O)NO)C[C@H]3CNC[C@H]3C2)CC1.Cl. The largest absolute Gasteiger partial charge is 0.316 e. The Bertz CT molecular complexity index is 990. The van der Waals surface area contributed by atoms with Crippen molar-refractivity contribution < 1.29 is 18.4 Å². The molecule has 1 aliphatic carbocycles. The molecule has 0 aromatic heterocycles. The predicted octanol–water partition coefficient (Wildman–Crippen LogP) is 1.92. The van der Waals surface area contributed by atoms with E-state index in [4.69, 9.17) is 5.26 Å². The molecule has 0 spiro atoms. The number of nitrogens with one attached hydrogen (secondary N) is 2. The lowest BCUT2D eigenvalue weighted by Gasteiger charge is -2.35. The first-order valence-electron chi connectivity index (χ1n) is 10.9. The number of halogens is 1. The Morgan fingerprint density at radius 2 is 1.91 bits per heavy atom. The molecule has 3 fully saturated rings. The van der Waals surface area contributed by atoms with Crippen LogP contribution in [-0.2, 0) is 14.8 Å². The molecule has 1 unspecified atom stereocenters. The number of fused-ring (bicyclic) bond motifs is 1. The summed E-state index contributed by atoms with van der Waals surface area (Å²) in [6.45, 7) is 4.40. The van der Waals surface area contributed by atoms with Crippen LogP contribution < -0.4 is 10.8 Å². The summed E-state index contributed by atoms with van der Waals surface area (Å²) < 4.78 is 28.1. The van der Waals surface area contributed by atoms with E-state index in [1.165, 1.54) is 9.87 Å². The van der Waals surface area contributed by atoms with Crippen molar-refractivity contribution in [1.29, 1.82) is 5.26 Å². The minimum atomic E-state index is -3.64. The van der Waals surface area contributed by atoms with E-state index < -0.39 is 21.3 Å². The molecule has 1 aromatic rings. The zero-order chi connectivity index (χ0) is 22.2. The van der Waals surface area contributed by atoms with E-state index in [0.717, 1.165) is 18.7 Å². The van der Waals surface area contributed by atoms with Gasteiger partial charge in [0.15, 0.2) is 0 Å². The second kappa shape index (κ2) is 9.65. The minimum absolute atomic E-state index is 0. The molecule has 8 nitrogen and oxygen atoms in total. The van der Waals surface area contributed by atoms with Crippen LogP contribution in [0.3, 0.4) is 0 Å². The third-order valence-electron chi connectivity index (χ3n) is 7.51. The zero-order valence-corrected chi connectivity index (χ0v) is 19.8. The van der Waals surface area contributed by atoms with Gasteiger partial charge in [0.05, 0.1) is 22.8 Å². The van der Waals surface area contributed by atoms with Gasteiger partial charge in [0.25, 0.3) is 5.91 Å². The van der Waals surface area contributed by atoms with Crippen LogP contribution in [0.15, 0.2) is 18.2 Å². The number of amides is 1. The fourth-order valence-corrected chi connectivity index (χ4v) is 7.94. The summed E-state index contributed by atoms with van der Waals surface area (Å²) in [6, 6.07) is 7.82. The first-order chi connectivity index (χ1) is 14.8. The summed E-state index contributed by atoms with van der Waals surface area (Å²) in [5, 5.41) is 21.7. The number of sulfonamides is 1. The first-order valence-corrected chi connectivity index (χ1v) is 12.5. The van der Waals surface area contributed by atoms with Crippen LogP contribution in [0.1, 0.15) is 48.3 Å². The average molecular weight is 483 g/mol. The number of carbonyl (C=O) groups excluding carboxylic acids is 1. The highest BCUT2D eigenvalue weighted by Crippen LogP contribution is 2.48. The van der Waals surface area contributed by atoms with Crippen LogP contribution in [0.2, 0.25) is 0 Å². The van der Waals surface area contributed by atoms with Crippen molar-refractivity contribution in [3.63, 3.8) is 0 Å². The molecule has 1 aromatic carbocycles. The molecule has 2 heterocycles. The van der Waals surface area contributed by atoms with E-state index in [1.807, 2.05) is 25.1 Å². The number of hydrogen-bond acceptors (Lipinski definition) is 6. The van der Waals surface area contributed by atoms with Crippen molar-refractivity contribution in [3.05, 3.63) is 34.9 Å². The maximum atomic E-state index is 13.3. The van der Waals surface area contributed by atoms with Gasteiger partial charge in [-0.3, -0.25) is 10.0 Å². The van der Waals surface area contributed by atoms with Gasteiger partial charge in [-0.05, 0) is 86.7 Å². The number of rotatable bonds is 5. The summed E-state index contributed by atoms with van der Waals surface area (Å²) >= 11 is 0. The summed E-state index contributed by atoms with van der Waals surface area (Å²) in [7, 11) is -3.64. The van der Waals surface area contributed by atoms with Crippen molar-refractivity contribution in [3.8, 4) is 6.07 Å². The highest BCUT2D eigenvalue weighted by atomic mass is 35.5. The number of benzene rings is 1. The lowest BCUT2D eigenvalue weighted by Crippen LogP contribution is -2.48. The molecule has 3 N–H and O–H groups in total. The maximum absolute atomic E-state index is 13.3. The fourth-order valence-electron chi connectivity index (χ4n) is 5.93. The third kappa shape index (κ3) is 4.66. The third-order valence-corrected chi connectivity index (χ3v) is 9.58. The van der Waals surface area contributed by atoms with E-state index in [1.54, 1.807) is 5.48 Å². The maximum Gasteiger partial charge on any atom is 0.250 e. The predicted molar refractivity (Wildman–Crippen MR) is 122 cm³/mol. The van der Waals surface area contributed by atoms with Crippen molar-refractivity contribution in [2.45, 2.75) is 38.5 Å². The van der Waals surface area contributed by atoms with Gasteiger partial charge in [-0.15, -0.1) is 12.4 Å². The summed E-state index contributed by atoms with van der Waals surface area (Å²) in [4.78, 5) is 12.6. The molecule has 2 saturated heterocycles. The second-order valence-electron chi connectivity index (χ2n) is 9.42. The Morgan fingerprint density at radius 3 is 2.44 bits per heavy atom. The number of piperidine rings is 1. The van der Waals surface area contributed by atoms with Crippen molar-refractivity contribution in [2.24, 2.45) is 17.3 Å². The Balaban J connectivity index is 0.00000289. The monoisotopic (exact) mass is 482 g/mol. The van der Waals surface area contributed by atoms with Crippen LogP contribution in [0.25, 0.3) is 0 Å². The van der Waals surface area contributed by atoms with E-state index >= 15 is 0 Å². The van der Waals surface area contributed by atoms with Gasteiger partial charge in [-0.2, -0.15) is 5.26 Å². The highest BCUT2D eigenvalue weighted by molar-refractivity contribution is 7.89. The molecular formula is C22H31ClN4O4S. The van der Waals surface area contributed by atoms with E-state index in [2.05, 4.69) is 11.4 Å². The van der Waals surface area contributed by atoms with Gasteiger partial charge in [0, 0.05) is 13.1 Å². The molecular weight excluding hydrogens is 452 g/mol. The number of nitrogens with zero attached hydrogens (tertiary/aromatic N) is 2. The zero-order valence-electron chi connectivity index (χ0n) is 18.2. The fraction of sp³-hybridized carbons (Fsp3) is 0.636. The average Bonchev–Trinajstić information content (AvgIpc) is 3.32. The van der Waals surface area contributed by atoms with Gasteiger partial charge in [-0.25, -0.2) is 18.2 Å². The van der Waals surface area contributed by atoms with Gasteiger partial charge < -0.3 is 5.32 Å². The van der Waals surface area contributed by atoms with Crippen LogP contribution in [0.4, 0.5) is 0 Å². The lowest BCUT2D eigenvalue weighted by atomic mass is 9.86. The number of carbonyl (C=O) groups is 1. The highest BCUT2D eigenvalue weighted by Gasteiger charge is 2.54. The Morgan fingerprint density at radius 1 is 1.28 bits per heavy atom. The Labute approximate surface area is 195 Å². The summed E-state index contributed by atoms with van der Waals surface area (Å²) in [5.41, 5.74) is 3.54. The Hall–Kier alpha value is -1.70. The molecule has 10 heteroatoms. The minimum Gasteiger partial charge on any atom is -0.316 e. The van der Waals surface area contributed by atoms with Crippen molar-refractivity contribution in [1.82, 2.24) is 15.1 Å². The van der Waals surface area contributed by atoms with Crippen LogP contribution in [-0.4, -0.2) is 55.8 Å². The number of hydroxylamine groups is 1. The second-order valence-corrected chi connectivity index (χ2v) is 11.4. The Kier molecular flexibility index (Phi) is 7.52. The molecule has 3 aliphatic rings. The standard InChI is InChI=1S/C22H30N4O4S.ClH/c1-15-8-16(11-23)2-3-20(15)17-4-6-26(7-5-17)31(29,30)14-22(21(27)25-28)9-18-12-24-13-19(18)10-22;/h2-3,8,17-19,24,28H,4-7,9-10,12-14H2,1H3,(H,25,27);1H/t18-,19+,22?;. The number of hydrogen-bond donors (Lipinski definition) is 3. The van der Waals surface area contributed by atoms with Gasteiger partial charge >= 0.3 is 0 Å². The molecule has 1 saturated carbocycles. The normalized spacial score (nSPS) is 28.5. The number of aryl methyl sites for hydroxylation is 1. The van der Waals surface area contributed by atoms with Crippen LogP contribution in [0, 0.1) is 35.5 Å². The van der Waals surface area contributed by atoms with Crippen LogP contribution >= 0.6 is 12.4 Å². The summed E-state index contributed by atoms with van der Waals surface area (Å²) in [5.74, 6) is -0.0190. The van der Waals surface area contributed by atoms with Gasteiger partial charge in [0.2, 0.25) is 10.0 Å². The quantitative estimate of drug-likeness (QED) is 0.435. The van der Waals surface area contributed by atoms with E-state index in [9.17, 15) is 18.4 Å². The topological polar surface area (TPSA) is 123 Å². The first kappa shape index (κ1) is 24.9. The van der Waals surface area contributed by atoms with Crippen molar-refractivity contribution >= 4 is 28.3 Å². The number of nitriles is 1. The van der Waals surface area contributed by atoms with Gasteiger partial charge in [-0.1, -0.05) is 6.07 Å². The molecule has 32 heavy (non-hydrogen) atoms. The van der Waals surface area contributed by atoms with Crippen LogP contribution in [0.5, 0.6) is 0 Å². The van der Waals surface area contributed by atoms with E-state index in [0.29, 0.717) is 44.3 Å². The molecule has 1 amide bonds. The molecule has 176 valence electrons. The smallest absolute Gasteiger partial charge is 0.250 e. The lowest BCUT2D eigenvalue weighted by molar-refractivity contribution is -0.138. The van der Waals surface area contributed by atoms with E-state index in [-0.39, 0.29) is 35.9 Å². The molecule has 2 aliphatic heterocycles. The summed E-state index contributed by atoms with van der Waals surface area (Å²) in [6.07, 6.45) is 2.38. The molecule has 0 radical (unpaired) electrons.